The molecule has 0 aliphatic carbocycles. The topological polar surface area (TPSA) is 25.2 Å². The number of unbranched alkanes of at least 4 members (excludes halogenated alkanes) is 1. The first-order valence-electron chi connectivity index (χ1n) is 10.3. The van der Waals surface area contributed by atoms with Crippen molar-refractivity contribution in [3.63, 3.8) is 0 Å². The van der Waals surface area contributed by atoms with Gasteiger partial charge in [-0.05, 0) is 54.3 Å². The first kappa shape index (κ1) is 20.8. The van der Waals surface area contributed by atoms with E-state index in [4.69, 9.17) is 0 Å². The average Bonchev–Trinajstić information content (AvgIpc) is 3.15. The fraction of sp³-hybridized carbons (Fsp3) is 0.320. The molecule has 4 heteroatoms. The standard InChI is InChI=1S/C25H29FN2O/c1-3-4-15-28(25(29)17-21-11-13-23(26)14-12-21)19-24-10-7-16-27(24)18-22-9-6-5-8-20(22)2/h5-14,16H,3-4,15,17-19H2,1-2H3. The van der Waals surface area contributed by atoms with Crippen molar-refractivity contribution in [1.82, 2.24) is 9.47 Å². The van der Waals surface area contributed by atoms with Crippen LogP contribution in [-0.2, 0) is 24.3 Å². The Hall–Kier alpha value is -2.88. The van der Waals surface area contributed by atoms with Gasteiger partial charge in [-0.25, -0.2) is 4.39 Å². The largest absolute Gasteiger partial charge is 0.345 e. The number of nitrogens with zero attached hydrogens (tertiary/aromatic N) is 2. The smallest absolute Gasteiger partial charge is 0.227 e. The lowest BCUT2D eigenvalue weighted by atomic mass is 10.1. The molecule has 3 rings (SSSR count). The maximum atomic E-state index is 13.2. The Balaban J connectivity index is 1.73. The summed E-state index contributed by atoms with van der Waals surface area (Å²) in [5.74, 6) is -0.202. The SMILES string of the molecule is CCCCN(Cc1cccn1Cc1ccccc1C)C(=O)Cc1ccc(F)cc1. The fourth-order valence-corrected chi connectivity index (χ4v) is 3.44. The van der Waals surface area contributed by atoms with Crippen LogP contribution in [-0.4, -0.2) is 21.9 Å². The third-order valence-electron chi connectivity index (χ3n) is 5.28. The zero-order valence-electron chi connectivity index (χ0n) is 17.3. The van der Waals surface area contributed by atoms with Gasteiger partial charge in [0.15, 0.2) is 0 Å². The van der Waals surface area contributed by atoms with Crippen molar-refractivity contribution in [2.24, 2.45) is 0 Å². The van der Waals surface area contributed by atoms with E-state index in [0.29, 0.717) is 13.0 Å². The van der Waals surface area contributed by atoms with Crippen molar-refractivity contribution in [1.29, 1.82) is 0 Å². The number of hydrogen-bond acceptors (Lipinski definition) is 1. The molecule has 0 aliphatic rings. The molecule has 2 aromatic carbocycles. The minimum absolute atomic E-state index is 0.0775. The van der Waals surface area contributed by atoms with E-state index in [0.717, 1.165) is 37.2 Å². The number of halogens is 1. The predicted octanol–water partition coefficient (Wildman–Crippen LogP) is 5.36. The van der Waals surface area contributed by atoms with Crippen LogP contribution in [0.4, 0.5) is 4.39 Å². The molecule has 3 nitrogen and oxygen atoms in total. The van der Waals surface area contributed by atoms with E-state index in [1.807, 2.05) is 11.0 Å². The maximum Gasteiger partial charge on any atom is 0.227 e. The summed E-state index contributed by atoms with van der Waals surface area (Å²) in [5.41, 5.74) is 4.51. The molecule has 1 heterocycles. The molecule has 0 atom stereocenters. The van der Waals surface area contributed by atoms with Crippen LogP contribution in [0.1, 0.15) is 42.1 Å². The van der Waals surface area contributed by atoms with Gasteiger partial charge in [-0.1, -0.05) is 49.7 Å². The van der Waals surface area contributed by atoms with Gasteiger partial charge in [-0.15, -0.1) is 0 Å². The second-order valence-electron chi connectivity index (χ2n) is 7.53. The second-order valence-corrected chi connectivity index (χ2v) is 7.53. The first-order chi connectivity index (χ1) is 14.1. The van der Waals surface area contributed by atoms with Crippen molar-refractivity contribution < 1.29 is 9.18 Å². The Morgan fingerprint density at radius 3 is 2.52 bits per heavy atom. The van der Waals surface area contributed by atoms with Gasteiger partial charge in [0.1, 0.15) is 5.82 Å². The highest BCUT2D eigenvalue weighted by Crippen LogP contribution is 2.15. The molecule has 0 fully saturated rings. The second kappa shape index (κ2) is 10.1. The maximum absolute atomic E-state index is 13.2. The molecule has 3 aromatic rings. The highest BCUT2D eigenvalue weighted by Gasteiger charge is 2.16. The van der Waals surface area contributed by atoms with Crippen LogP contribution in [0, 0.1) is 12.7 Å². The summed E-state index contributed by atoms with van der Waals surface area (Å²) in [6.07, 6.45) is 4.37. The summed E-state index contributed by atoms with van der Waals surface area (Å²) >= 11 is 0. The third kappa shape index (κ3) is 5.80. The van der Waals surface area contributed by atoms with Gasteiger partial charge >= 0.3 is 0 Å². The van der Waals surface area contributed by atoms with Crippen LogP contribution in [0.15, 0.2) is 66.9 Å². The van der Waals surface area contributed by atoms with Crippen molar-refractivity contribution >= 4 is 5.91 Å². The highest BCUT2D eigenvalue weighted by molar-refractivity contribution is 5.78. The van der Waals surface area contributed by atoms with Crippen LogP contribution in [0.25, 0.3) is 0 Å². The van der Waals surface area contributed by atoms with Gasteiger partial charge in [0, 0.05) is 25.0 Å². The quantitative estimate of drug-likeness (QED) is 0.481. The summed E-state index contributed by atoms with van der Waals surface area (Å²) in [6, 6.07) is 18.7. The van der Waals surface area contributed by atoms with Gasteiger partial charge in [-0.2, -0.15) is 0 Å². The van der Waals surface area contributed by atoms with E-state index in [9.17, 15) is 9.18 Å². The van der Waals surface area contributed by atoms with E-state index in [-0.39, 0.29) is 11.7 Å². The number of carbonyl (C=O) groups excluding carboxylic acids is 1. The molecule has 0 radical (unpaired) electrons. The monoisotopic (exact) mass is 392 g/mol. The van der Waals surface area contributed by atoms with E-state index in [1.54, 1.807) is 12.1 Å². The number of hydrogen-bond donors (Lipinski definition) is 0. The molecule has 1 amide bonds. The molecule has 29 heavy (non-hydrogen) atoms. The molecule has 0 aliphatic heterocycles. The number of amides is 1. The number of benzene rings is 2. The predicted molar refractivity (Wildman–Crippen MR) is 115 cm³/mol. The Morgan fingerprint density at radius 1 is 1.03 bits per heavy atom. The lowest BCUT2D eigenvalue weighted by molar-refractivity contribution is -0.131. The molecule has 0 bridgehead atoms. The average molecular weight is 393 g/mol. The van der Waals surface area contributed by atoms with E-state index >= 15 is 0 Å². The lowest BCUT2D eigenvalue weighted by Crippen LogP contribution is -2.33. The normalized spacial score (nSPS) is 10.9. The summed E-state index contributed by atoms with van der Waals surface area (Å²) in [5, 5.41) is 0. The summed E-state index contributed by atoms with van der Waals surface area (Å²) in [4.78, 5) is 14.9. The number of rotatable bonds is 9. The number of aromatic nitrogens is 1. The zero-order chi connectivity index (χ0) is 20.6. The summed E-state index contributed by atoms with van der Waals surface area (Å²) < 4.78 is 15.4. The molecule has 152 valence electrons. The van der Waals surface area contributed by atoms with Crippen molar-refractivity contribution in [3.8, 4) is 0 Å². The van der Waals surface area contributed by atoms with Gasteiger partial charge < -0.3 is 9.47 Å². The van der Waals surface area contributed by atoms with E-state index in [1.165, 1.54) is 23.3 Å². The van der Waals surface area contributed by atoms with Gasteiger partial charge in [-0.3, -0.25) is 4.79 Å². The molecule has 0 N–H and O–H groups in total. The highest BCUT2D eigenvalue weighted by atomic mass is 19.1. The lowest BCUT2D eigenvalue weighted by Gasteiger charge is -2.24. The number of carbonyl (C=O) groups is 1. The first-order valence-corrected chi connectivity index (χ1v) is 10.3. The van der Waals surface area contributed by atoms with Gasteiger partial charge in [0.05, 0.1) is 13.0 Å². The molecule has 0 saturated heterocycles. The van der Waals surface area contributed by atoms with Crippen molar-refractivity contribution in [2.75, 3.05) is 6.54 Å². The van der Waals surface area contributed by atoms with Crippen LogP contribution in [0.5, 0.6) is 0 Å². The van der Waals surface area contributed by atoms with E-state index < -0.39 is 0 Å². The Morgan fingerprint density at radius 2 is 1.79 bits per heavy atom. The summed E-state index contributed by atoms with van der Waals surface area (Å²) in [6.45, 7) is 6.36. The van der Waals surface area contributed by atoms with Crippen LogP contribution in [0.3, 0.4) is 0 Å². The molecular formula is C25H29FN2O. The van der Waals surface area contributed by atoms with Crippen LogP contribution >= 0.6 is 0 Å². The zero-order valence-corrected chi connectivity index (χ0v) is 17.3. The van der Waals surface area contributed by atoms with Crippen molar-refractivity contribution in [3.05, 3.63) is 95.1 Å². The minimum atomic E-state index is -0.280. The molecule has 0 saturated carbocycles. The van der Waals surface area contributed by atoms with Crippen LogP contribution in [0.2, 0.25) is 0 Å². The molecule has 0 unspecified atom stereocenters. The Labute approximate surface area is 172 Å². The molecular weight excluding hydrogens is 363 g/mol. The fourth-order valence-electron chi connectivity index (χ4n) is 3.44. The Kier molecular flexibility index (Phi) is 7.23. The van der Waals surface area contributed by atoms with Gasteiger partial charge in [0.2, 0.25) is 5.91 Å². The Bertz CT molecular complexity index is 930. The molecule has 1 aromatic heterocycles. The van der Waals surface area contributed by atoms with Crippen molar-refractivity contribution in [2.45, 2.75) is 46.2 Å². The summed E-state index contributed by atoms with van der Waals surface area (Å²) in [7, 11) is 0. The van der Waals surface area contributed by atoms with E-state index in [2.05, 4.69) is 54.9 Å². The van der Waals surface area contributed by atoms with Crippen LogP contribution < -0.4 is 0 Å². The number of aryl methyl sites for hydroxylation is 1. The molecule has 0 spiro atoms. The third-order valence-corrected chi connectivity index (χ3v) is 5.28. The van der Waals surface area contributed by atoms with Gasteiger partial charge in [0.25, 0.3) is 0 Å². The minimum Gasteiger partial charge on any atom is -0.345 e.